The maximum Gasteiger partial charge on any atom is 0.233 e. The fraction of sp³-hybridized carbons (Fsp3) is 0.261. The molecule has 1 aliphatic rings. The Morgan fingerprint density at radius 2 is 1.91 bits per heavy atom. The van der Waals surface area contributed by atoms with Crippen molar-refractivity contribution in [3.05, 3.63) is 72.0 Å². The lowest BCUT2D eigenvalue weighted by Crippen LogP contribution is -2.49. The van der Waals surface area contributed by atoms with Gasteiger partial charge in [0.1, 0.15) is 5.82 Å². The third-order valence-corrected chi connectivity index (χ3v) is 6.46. The number of halogens is 2. The maximum atomic E-state index is 14.3. The third kappa shape index (κ3) is 4.97. The number of hydrogen-bond donors (Lipinski definition) is 0. The molecule has 0 saturated carbocycles. The van der Waals surface area contributed by atoms with E-state index in [-0.39, 0.29) is 17.5 Å². The number of piperazine rings is 1. The highest BCUT2D eigenvalue weighted by atomic mass is 35.5. The lowest BCUT2D eigenvalue weighted by Gasteiger charge is -2.36. The largest absolute Gasteiger partial charge is 0.368 e. The standard InChI is InChI=1S/C23H23ClFN5OS/c1-2-10-30-22(19-8-3-4-9-20(19)25)26-27-23(30)32-16-21(31)29-13-11-28(12-14-29)18-7-5-6-17(24)15-18/h2-9,15H,1,10-14,16H2. The highest BCUT2D eigenvalue weighted by Crippen LogP contribution is 2.26. The molecule has 2 heterocycles. The molecule has 2 aromatic carbocycles. The number of nitrogens with zero attached hydrogens (tertiary/aromatic N) is 5. The molecule has 0 unspecified atom stereocenters. The zero-order valence-corrected chi connectivity index (χ0v) is 19.0. The molecule has 0 N–H and O–H groups in total. The number of aromatic nitrogens is 3. The van der Waals surface area contributed by atoms with Gasteiger partial charge in [0.15, 0.2) is 11.0 Å². The first-order valence-corrected chi connectivity index (χ1v) is 11.6. The summed E-state index contributed by atoms with van der Waals surface area (Å²) in [6.45, 7) is 6.99. The third-order valence-electron chi connectivity index (χ3n) is 5.27. The van der Waals surface area contributed by atoms with Crippen LogP contribution in [-0.4, -0.2) is 57.5 Å². The number of amides is 1. The molecule has 9 heteroatoms. The van der Waals surface area contributed by atoms with Crippen LogP contribution in [0.4, 0.5) is 10.1 Å². The van der Waals surface area contributed by atoms with Gasteiger partial charge >= 0.3 is 0 Å². The van der Waals surface area contributed by atoms with Crippen molar-refractivity contribution in [2.75, 3.05) is 36.8 Å². The molecule has 3 aromatic rings. The Balaban J connectivity index is 1.38. The van der Waals surface area contributed by atoms with Crippen molar-refractivity contribution in [3.63, 3.8) is 0 Å². The molecule has 0 radical (unpaired) electrons. The van der Waals surface area contributed by atoms with Crippen molar-refractivity contribution in [2.24, 2.45) is 0 Å². The lowest BCUT2D eigenvalue weighted by molar-refractivity contribution is -0.128. The van der Waals surface area contributed by atoms with Gasteiger partial charge in [0.2, 0.25) is 5.91 Å². The molecule has 4 rings (SSSR count). The average molecular weight is 472 g/mol. The Hall–Kier alpha value is -2.84. The van der Waals surface area contributed by atoms with E-state index in [1.54, 1.807) is 28.8 Å². The van der Waals surface area contributed by atoms with Gasteiger partial charge < -0.3 is 9.80 Å². The smallest absolute Gasteiger partial charge is 0.233 e. The predicted octanol–water partition coefficient (Wildman–Crippen LogP) is 4.36. The van der Waals surface area contributed by atoms with E-state index in [4.69, 9.17) is 11.6 Å². The quantitative estimate of drug-likeness (QED) is 0.378. The summed E-state index contributed by atoms with van der Waals surface area (Å²) in [5.41, 5.74) is 1.44. The Morgan fingerprint density at radius 1 is 1.12 bits per heavy atom. The van der Waals surface area contributed by atoms with Gasteiger partial charge in [0, 0.05) is 43.4 Å². The second-order valence-corrected chi connectivity index (χ2v) is 8.70. The minimum absolute atomic E-state index is 0.0429. The molecule has 0 aliphatic carbocycles. The molecule has 32 heavy (non-hydrogen) atoms. The van der Waals surface area contributed by atoms with E-state index >= 15 is 0 Å². The van der Waals surface area contributed by atoms with Crippen LogP contribution in [0, 0.1) is 5.82 Å². The van der Waals surface area contributed by atoms with Crippen LogP contribution in [0.3, 0.4) is 0 Å². The molecule has 6 nitrogen and oxygen atoms in total. The number of allylic oxidation sites excluding steroid dienone is 1. The predicted molar refractivity (Wildman–Crippen MR) is 127 cm³/mol. The van der Waals surface area contributed by atoms with Crippen molar-refractivity contribution < 1.29 is 9.18 Å². The monoisotopic (exact) mass is 471 g/mol. The second kappa shape index (κ2) is 10.2. The maximum absolute atomic E-state index is 14.3. The average Bonchev–Trinajstić information content (AvgIpc) is 3.20. The first kappa shape index (κ1) is 22.4. The van der Waals surface area contributed by atoms with Gasteiger partial charge in [-0.1, -0.05) is 47.6 Å². The van der Waals surface area contributed by atoms with Gasteiger partial charge in [0.05, 0.1) is 11.3 Å². The van der Waals surface area contributed by atoms with Crippen molar-refractivity contribution in [2.45, 2.75) is 11.7 Å². The zero-order valence-electron chi connectivity index (χ0n) is 17.5. The number of anilines is 1. The summed E-state index contributed by atoms with van der Waals surface area (Å²) < 4.78 is 16.0. The second-order valence-electron chi connectivity index (χ2n) is 7.32. The lowest BCUT2D eigenvalue weighted by atomic mass is 10.2. The summed E-state index contributed by atoms with van der Waals surface area (Å²) >= 11 is 7.40. The summed E-state index contributed by atoms with van der Waals surface area (Å²) in [5.74, 6) is 0.341. The molecule has 1 amide bonds. The van der Waals surface area contributed by atoms with Crippen LogP contribution in [-0.2, 0) is 11.3 Å². The Labute approximate surface area is 195 Å². The Bertz CT molecular complexity index is 1110. The molecule has 1 aromatic heterocycles. The molecule has 1 aliphatic heterocycles. The summed E-state index contributed by atoms with van der Waals surface area (Å²) in [5, 5.41) is 9.64. The van der Waals surface area contributed by atoms with Crippen LogP contribution in [0.25, 0.3) is 11.4 Å². The summed E-state index contributed by atoms with van der Waals surface area (Å²) in [6, 6.07) is 14.2. The van der Waals surface area contributed by atoms with Crippen LogP contribution in [0.2, 0.25) is 5.02 Å². The van der Waals surface area contributed by atoms with Crippen LogP contribution in [0.15, 0.2) is 66.3 Å². The van der Waals surface area contributed by atoms with Crippen molar-refractivity contribution in [1.29, 1.82) is 0 Å². The number of carbonyl (C=O) groups is 1. The molecule has 0 spiro atoms. The van der Waals surface area contributed by atoms with Crippen molar-refractivity contribution in [1.82, 2.24) is 19.7 Å². The van der Waals surface area contributed by atoms with Gasteiger partial charge in [-0.05, 0) is 30.3 Å². The number of hydrogen-bond acceptors (Lipinski definition) is 5. The van der Waals surface area contributed by atoms with Gasteiger partial charge in [0.25, 0.3) is 0 Å². The van der Waals surface area contributed by atoms with E-state index < -0.39 is 0 Å². The van der Waals surface area contributed by atoms with E-state index in [1.807, 2.05) is 29.2 Å². The highest BCUT2D eigenvalue weighted by Gasteiger charge is 2.23. The number of carbonyl (C=O) groups excluding carboxylic acids is 1. The van der Waals surface area contributed by atoms with Gasteiger partial charge in [-0.15, -0.1) is 16.8 Å². The molecular formula is C23H23ClFN5OS. The number of thioether (sulfide) groups is 1. The van der Waals surface area contributed by atoms with Gasteiger partial charge in [-0.25, -0.2) is 4.39 Å². The van der Waals surface area contributed by atoms with Crippen molar-refractivity contribution >= 4 is 35.0 Å². The van der Waals surface area contributed by atoms with Gasteiger partial charge in [-0.2, -0.15) is 0 Å². The summed E-state index contributed by atoms with van der Waals surface area (Å²) in [7, 11) is 0. The van der Waals surface area contributed by atoms with Gasteiger partial charge in [-0.3, -0.25) is 9.36 Å². The Morgan fingerprint density at radius 3 is 2.62 bits per heavy atom. The first-order valence-electron chi connectivity index (χ1n) is 10.3. The molecule has 1 fully saturated rings. The van der Waals surface area contributed by atoms with E-state index in [1.165, 1.54) is 17.8 Å². The van der Waals surface area contributed by atoms with Crippen LogP contribution >= 0.6 is 23.4 Å². The highest BCUT2D eigenvalue weighted by molar-refractivity contribution is 7.99. The normalized spacial score (nSPS) is 13.9. The fourth-order valence-corrected chi connectivity index (χ4v) is 4.67. The van der Waals surface area contributed by atoms with Crippen LogP contribution in [0.1, 0.15) is 0 Å². The van der Waals surface area contributed by atoms with Crippen LogP contribution < -0.4 is 4.90 Å². The molecule has 0 bridgehead atoms. The summed E-state index contributed by atoms with van der Waals surface area (Å²) in [6.07, 6.45) is 1.70. The fourth-order valence-electron chi connectivity index (χ4n) is 3.64. The molecule has 166 valence electrons. The molecule has 1 saturated heterocycles. The van der Waals surface area contributed by atoms with Crippen LogP contribution in [0.5, 0.6) is 0 Å². The first-order chi connectivity index (χ1) is 15.6. The Kier molecular flexibility index (Phi) is 7.12. The van der Waals surface area contributed by atoms with E-state index in [0.29, 0.717) is 41.2 Å². The number of rotatable bonds is 7. The van der Waals surface area contributed by atoms with E-state index in [0.717, 1.165) is 18.8 Å². The minimum Gasteiger partial charge on any atom is -0.368 e. The number of benzene rings is 2. The van der Waals surface area contributed by atoms with E-state index in [9.17, 15) is 9.18 Å². The topological polar surface area (TPSA) is 54.3 Å². The SMILES string of the molecule is C=CCn1c(SCC(=O)N2CCN(c3cccc(Cl)c3)CC2)nnc1-c1ccccc1F. The molecule has 0 atom stereocenters. The zero-order chi connectivity index (χ0) is 22.5. The van der Waals surface area contributed by atoms with Crippen molar-refractivity contribution in [3.8, 4) is 11.4 Å². The summed E-state index contributed by atoms with van der Waals surface area (Å²) in [4.78, 5) is 16.9. The molecular weight excluding hydrogens is 449 g/mol. The van der Waals surface area contributed by atoms with E-state index in [2.05, 4.69) is 21.7 Å². The minimum atomic E-state index is -0.365.